The Labute approximate surface area is 116 Å². The fourth-order valence-electron chi connectivity index (χ4n) is 2.15. The minimum absolute atomic E-state index is 0.0201. The van der Waals surface area contributed by atoms with Gasteiger partial charge in [0.05, 0.1) is 12.1 Å². The predicted octanol–water partition coefficient (Wildman–Crippen LogP) is 2.20. The van der Waals surface area contributed by atoms with E-state index in [0.717, 1.165) is 25.9 Å². The van der Waals surface area contributed by atoms with Gasteiger partial charge in [0.1, 0.15) is 0 Å². The van der Waals surface area contributed by atoms with E-state index in [1.807, 2.05) is 6.07 Å². The Kier molecular flexibility index (Phi) is 5.38. The smallest absolute Gasteiger partial charge is 0.0967 e. The predicted molar refractivity (Wildman–Crippen MR) is 77.8 cm³/mol. The highest BCUT2D eigenvalue weighted by atomic mass is 15.1. The van der Waals surface area contributed by atoms with Gasteiger partial charge in [-0.05, 0) is 38.3 Å². The molecule has 0 aliphatic heterocycles. The van der Waals surface area contributed by atoms with Crippen molar-refractivity contribution in [2.24, 2.45) is 0 Å². The maximum Gasteiger partial charge on any atom is 0.0967 e. The average molecular weight is 257 g/mol. The number of nitriles is 1. The maximum absolute atomic E-state index is 9.09. The number of hydrogen-bond donors (Lipinski definition) is 1. The molecule has 1 aliphatic rings. The molecule has 1 aromatic rings. The van der Waals surface area contributed by atoms with E-state index in [1.54, 1.807) is 0 Å². The Bertz CT molecular complexity index is 406. The molecular weight excluding hydrogens is 234 g/mol. The Balaban J connectivity index is 1.63. The van der Waals surface area contributed by atoms with E-state index in [1.165, 1.54) is 18.4 Å². The molecule has 1 fully saturated rings. The summed E-state index contributed by atoms with van der Waals surface area (Å²) in [7, 11) is 2.13. The number of benzene rings is 1. The van der Waals surface area contributed by atoms with Crippen molar-refractivity contribution in [1.29, 1.82) is 5.26 Å². The summed E-state index contributed by atoms with van der Waals surface area (Å²) in [5, 5.41) is 12.5. The van der Waals surface area contributed by atoms with Gasteiger partial charge in [0, 0.05) is 19.1 Å². The van der Waals surface area contributed by atoms with E-state index in [9.17, 15) is 0 Å². The molecule has 1 N–H and O–H groups in total. The van der Waals surface area contributed by atoms with Crippen LogP contribution in [0.4, 0.5) is 0 Å². The van der Waals surface area contributed by atoms with Crippen molar-refractivity contribution in [1.82, 2.24) is 10.2 Å². The highest BCUT2D eigenvalue weighted by Crippen LogP contribution is 2.19. The second-order valence-electron chi connectivity index (χ2n) is 5.45. The van der Waals surface area contributed by atoms with Gasteiger partial charge in [0.15, 0.2) is 0 Å². The lowest BCUT2D eigenvalue weighted by Crippen LogP contribution is -2.34. The van der Waals surface area contributed by atoms with Gasteiger partial charge in [0.2, 0.25) is 0 Å². The molecule has 1 aliphatic carbocycles. The Morgan fingerprint density at radius 2 is 2.05 bits per heavy atom. The molecular formula is C16H23N3. The van der Waals surface area contributed by atoms with Crippen molar-refractivity contribution >= 4 is 0 Å². The van der Waals surface area contributed by atoms with Crippen LogP contribution in [-0.4, -0.2) is 37.1 Å². The summed E-state index contributed by atoms with van der Waals surface area (Å²) in [6, 6.07) is 13.5. The third-order valence-electron chi connectivity index (χ3n) is 3.59. The number of hydrogen-bond acceptors (Lipinski definition) is 3. The summed E-state index contributed by atoms with van der Waals surface area (Å²) in [6.45, 7) is 2.02. The van der Waals surface area contributed by atoms with E-state index in [4.69, 9.17) is 5.26 Å². The van der Waals surface area contributed by atoms with Crippen LogP contribution in [0.3, 0.4) is 0 Å². The van der Waals surface area contributed by atoms with Crippen molar-refractivity contribution in [3.8, 4) is 6.07 Å². The minimum atomic E-state index is 0.0201. The zero-order chi connectivity index (χ0) is 13.5. The SMILES string of the molecule is CN(CCc1ccccc1)CCC(C#N)NC1CC1. The highest BCUT2D eigenvalue weighted by molar-refractivity contribution is 5.14. The molecule has 3 heteroatoms. The molecule has 19 heavy (non-hydrogen) atoms. The number of likely N-dealkylation sites (N-methyl/N-ethyl adjacent to an activating group) is 1. The van der Waals surface area contributed by atoms with Crippen LogP contribution in [0.15, 0.2) is 30.3 Å². The van der Waals surface area contributed by atoms with Crippen LogP contribution in [0.25, 0.3) is 0 Å². The molecule has 1 atom stereocenters. The van der Waals surface area contributed by atoms with Gasteiger partial charge in [-0.3, -0.25) is 5.32 Å². The molecule has 0 heterocycles. The summed E-state index contributed by atoms with van der Waals surface area (Å²) < 4.78 is 0. The second-order valence-corrected chi connectivity index (χ2v) is 5.45. The normalized spacial score (nSPS) is 16.3. The standard InChI is InChI=1S/C16H23N3/c1-19(11-9-14-5-3-2-4-6-14)12-10-16(13-17)18-15-7-8-15/h2-6,15-16,18H,7-12H2,1H3. The third kappa shape index (κ3) is 5.42. The van der Waals surface area contributed by atoms with Crippen LogP contribution < -0.4 is 5.32 Å². The van der Waals surface area contributed by atoms with Crippen LogP contribution in [0, 0.1) is 11.3 Å². The van der Waals surface area contributed by atoms with Gasteiger partial charge in [-0.1, -0.05) is 30.3 Å². The quantitative estimate of drug-likeness (QED) is 0.776. The molecule has 3 nitrogen and oxygen atoms in total. The number of nitrogens with zero attached hydrogens (tertiary/aromatic N) is 2. The first-order chi connectivity index (χ1) is 9.28. The topological polar surface area (TPSA) is 39.1 Å². The summed E-state index contributed by atoms with van der Waals surface area (Å²) >= 11 is 0. The zero-order valence-corrected chi connectivity index (χ0v) is 11.7. The Hall–Kier alpha value is -1.37. The molecule has 0 bridgehead atoms. The Morgan fingerprint density at radius 1 is 1.32 bits per heavy atom. The molecule has 0 spiro atoms. The molecule has 0 aromatic heterocycles. The van der Waals surface area contributed by atoms with E-state index in [-0.39, 0.29) is 6.04 Å². The second kappa shape index (κ2) is 7.28. The van der Waals surface area contributed by atoms with Crippen molar-refractivity contribution in [2.75, 3.05) is 20.1 Å². The van der Waals surface area contributed by atoms with Gasteiger partial charge >= 0.3 is 0 Å². The molecule has 2 rings (SSSR count). The fourth-order valence-corrected chi connectivity index (χ4v) is 2.15. The van der Waals surface area contributed by atoms with Crippen LogP contribution in [-0.2, 0) is 6.42 Å². The Morgan fingerprint density at radius 3 is 2.68 bits per heavy atom. The van der Waals surface area contributed by atoms with Gasteiger partial charge in [0.25, 0.3) is 0 Å². The van der Waals surface area contributed by atoms with E-state index in [0.29, 0.717) is 6.04 Å². The average Bonchev–Trinajstić information content (AvgIpc) is 3.26. The van der Waals surface area contributed by atoms with E-state index in [2.05, 4.69) is 47.6 Å². The zero-order valence-electron chi connectivity index (χ0n) is 11.7. The first-order valence-corrected chi connectivity index (χ1v) is 7.16. The molecule has 1 unspecified atom stereocenters. The van der Waals surface area contributed by atoms with Gasteiger partial charge in [-0.2, -0.15) is 5.26 Å². The molecule has 1 saturated carbocycles. The molecule has 0 saturated heterocycles. The van der Waals surface area contributed by atoms with Crippen molar-refractivity contribution in [3.05, 3.63) is 35.9 Å². The van der Waals surface area contributed by atoms with E-state index >= 15 is 0 Å². The van der Waals surface area contributed by atoms with Gasteiger partial charge < -0.3 is 4.90 Å². The molecule has 0 radical (unpaired) electrons. The summed E-state index contributed by atoms with van der Waals surface area (Å²) in [5.41, 5.74) is 1.38. The first-order valence-electron chi connectivity index (χ1n) is 7.16. The highest BCUT2D eigenvalue weighted by Gasteiger charge is 2.24. The van der Waals surface area contributed by atoms with Crippen LogP contribution in [0.2, 0.25) is 0 Å². The van der Waals surface area contributed by atoms with Gasteiger partial charge in [-0.25, -0.2) is 0 Å². The first kappa shape index (κ1) is 14.0. The van der Waals surface area contributed by atoms with Gasteiger partial charge in [-0.15, -0.1) is 0 Å². The monoisotopic (exact) mass is 257 g/mol. The third-order valence-corrected chi connectivity index (χ3v) is 3.59. The summed E-state index contributed by atoms with van der Waals surface area (Å²) in [6.07, 6.45) is 4.47. The lowest BCUT2D eigenvalue weighted by atomic mass is 10.1. The van der Waals surface area contributed by atoms with Crippen molar-refractivity contribution in [2.45, 2.75) is 37.8 Å². The maximum atomic E-state index is 9.09. The fraction of sp³-hybridized carbons (Fsp3) is 0.562. The minimum Gasteiger partial charge on any atom is -0.306 e. The number of rotatable bonds is 8. The number of nitrogens with one attached hydrogen (secondary N) is 1. The van der Waals surface area contributed by atoms with Crippen molar-refractivity contribution < 1.29 is 0 Å². The summed E-state index contributed by atoms with van der Waals surface area (Å²) in [5.74, 6) is 0. The van der Waals surface area contributed by atoms with Crippen LogP contribution in [0.5, 0.6) is 0 Å². The summed E-state index contributed by atoms with van der Waals surface area (Å²) in [4.78, 5) is 2.31. The molecule has 0 amide bonds. The van der Waals surface area contributed by atoms with Crippen LogP contribution in [0.1, 0.15) is 24.8 Å². The van der Waals surface area contributed by atoms with Crippen molar-refractivity contribution in [3.63, 3.8) is 0 Å². The van der Waals surface area contributed by atoms with E-state index < -0.39 is 0 Å². The largest absolute Gasteiger partial charge is 0.306 e. The van der Waals surface area contributed by atoms with Crippen LogP contribution >= 0.6 is 0 Å². The molecule has 102 valence electrons. The molecule has 1 aromatic carbocycles. The lowest BCUT2D eigenvalue weighted by Gasteiger charge is -2.18. The lowest BCUT2D eigenvalue weighted by molar-refractivity contribution is 0.321.